The third kappa shape index (κ3) is 3.50. The Balaban J connectivity index is 2.92. The van der Waals surface area contributed by atoms with Crippen molar-refractivity contribution in [3.05, 3.63) is 23.0 Å². The standard InChI is InChI=1S/C13H22N4O/c1-5-11-10(6-9(4)16-17-11)13(18)15-12(7-14)8(2)3/h6,8,12H,5,7,14H2,1-4H3,(H,15,18). The smallest absolute Gasteiger partial charge is 0.253 e. The molecule has 1 rings (SSSR count). The zero-order chi connectivity index (χ0) is 13.7. The molecule has 0 saturated carbocycles. The van der Waals surface area contributed by atoms with Gasteiger partial charge in [-0.2, -0.15) is 10.2 Å². The second kappa shape index (κ2) is 6.44. The quantitative estimate of drug-likeness (QED) is 0.818. The van der Waals surface area contributed by atoms with Crippen LogP contribution in [-0.4, -0.2) is 28.7 Å². The van der Waals surface area contributed by atoms with Gasteiger partial charge < -0.3 is 11.1 Å². The summed E-state index contributed by atoms with van der Waals surface area (Å²) in [4.78, 5) is 12.2. The van der Waals surface area contributed by atoms with Crippen molar-refractivity contribution in [3.8, 4) is 0 Å². The van der Waals surface area contributed by atoms with Gasteiger partial charge in [0.15, 0.2) is 0 Å². The Morgan fingerprint density at radius 1 is 1.44 bits per heavy atom. The fourth-order valence-corrected chi connectivity index (χ4v) is 1.72. The number of amides is 1. The van der Waals surface area contributed by atoms with Crippen LogP contribution in [0, 0.1) is 12.8 Å². The molecule has 0 saturated heterocycles. The maximum absolute atomic E-state index is 12.2. The van der Waals surface area contributed by atoms with Crippen LogP contribution in [0.3, 0.4) is 0 Å². The van der Waals surface area contributed by atoms with Crippen LogP contribution < -0.4 is 11.1 Å². The zero-order valence-electron chi connectivity index (χ0n) is 11.5. The van der Waals surface area contributed by atoms with Gasteiger partial charge in [0.2, 0.25) is 0 Å². The third-order valence-corrected chi connectivity index (χ3v) is 2.95. The Morgan fingerprint density at radius 2 is 2.11 bits per heavy atom. The Morgan fingerprint density at radius 3 is 2.61 bits per heavy atom. The van der Waals surface area contributed by atoms with Crippen molar-refractivity contribution in [3.63, 3.8) is 0 Å². The number of carbonyl (C=O) groups is 1. The van der Waals surface area contributed by atoms with Crippen molar-refractivity contribution < 1.29 is 4.79 Å². The summed E-state index contributed by atoms with van der Waals surface area (Å²) in [6.45, 7) is 8.29. The molecule has 0 spiro atoms. The van der Waals surface area contributed by atoms with Gasteiger partial charge in [-0.3, -0.25) is 4.79 Å². The Kier molecular flexibility index (Phi) is 5.22. The highest BCUT2D eigenvalue weighted by Crippen LogP contribution is 2.09. The lowest BCUT2D eigenvalue weighted by atomic mass is 10.0. The number of nitrogens with one attached hydrogen (secondary N) is 1. The molecule has 0 aromatic carbocycles. The molecular weight excluding hydrogens is 228 g/mol. The summed E-state index contributed by atoms with van der Waals surface area (Å²) in [5, 5.41) is 11.0. The van der Waals surface area contributed by atoms with E-state index in [9.17, 15) is 4.79 Å². The second-order valence-corrected chi connectivity index (χ2v) is 4.76. The van der Waals surface area contributed by atoms with E-state index in [2.05, 4.69) is 15.5 Å². The number of hydrogen-bond acceptors (Lipinski definition) is 4. The van der Waals surface area contributed by atoms with Gasteiger partial charge in [-0.15, -0.1) is 0 Å². The number of rotatable bonds is 5. The van der Waals surface area contributed by atoms with Gasteiger partial charge in [0, 0.05) is 12.6 Å². The lowest BCUT2D eigenvalue weighted by Gasteiger charge is -2.21. The van der Waals surface area contributed by atoms with Crippen LogP contribution in [0.2, 0.25) is 0 Å². The summed E-state index contributed by atoms with van der Waals surface area (Å²) in [6, 6.07) is 1.75. The van der Waals surface area contributed by atoms with Crippen molar-refractivity contribution in [2.45, 2.75) is 40.2 Å². The molecule has 0 radical (unpaired) electrons. The highest BCUT2D eigenvalue weighted by Gasteiger charge is 2.18. The van der Waals surface area contributed by atoms with Crippen molar-refractivity contribution in [1.29, 1.82) is 0 Å². The van der Waals surface area contributed by atoms with E-state index in [4.69, 9.17) is 5.73 Å². The zero-order valence-corrected chi connectivity index (χ0v) is 11.5. The average molecular weight is 250 g/mol. The average Bonchev–Trinajstić information content (AvgIpc) is 2.35. The van der Waals surface area contributed by atoms with Crippen molar-refractivity contribution in [2.24, 2.45) is 11.7 Å². The van der Waals surface area contributed by atoms with Gasteiger partial charge in [-0.25, -0.2) is 0 Å². The van der Waals surface area contributed by atoms with E-state index < -0.39 is 0 Å². The van der Waals surface area contributed by atoms with E-state index in [1.165, 1.54) is 0 Å². The van der Waals surface area contributed by atoms with E-state index in [0.29, 0.717) is 24.4 Å². The summed E-state index contributed by atoms with van der Waals surface area (Å²) in [6.07, 6.45) is 0.686. The highest BCUT2D eigenvalue weighted by molar-refractivity contribution is 5.95. The number of nitrogens with zero attached hydrogens (tertiary/aromatic N) is 2. The monoisotopic (exact) mass is 250 g/mol. The molecule has 0 aliphatic rings. The van der Waals surface area contributed by atoms with Crippen LogP contribution in [0.4, 0.5) is 0 Å². The molecule has 1 aromatic heterocycles. The van der Waals surface area contributed by atoms with Gasteiger partial charge >= 0.3 is 0 Å². The minimum atomic E-state index is -0.117. The minimum Gasteiger partial charge on any atom is -0.348 e. The largest absolute Gasteiger partial charge is 0.348 e. The molecule has 0 aliphatic heterocycles. The molecule has 1 amide bonds. The predicted octanol–water partition coefficient (Wildman–Crippen LogP) is 1.06. The van der Waals surface area contributed by atoms with Crippen molar-refractivity contribution in [2.75, 3.05) is 6.54 Å². The topological polar surface area (TPSA) is 80.9 Å². The summed E-state index contributed by atoms with van der Waals surface area (Å²) in [5.41, 5.74) is 7.72. The number of hydrogen-bond donors (Lipinski definition) is 2. The van der Waals surface area contributed by atoms with Crippen LogP contribution >= 0.6 is 0 Å². The molecule has 0 bridgehead atoms. The van der Waals surface area contributed by atoms with Crippen molar-refractivity contribution in [1.82, 2.24) is 15.5 Å². The maximum Gasteiger partial charge on any atom is 0.253 e. The van der Waals surface area contributed by atoms with E-state index in [1.54, 1.807) is 6.07 Å². The minimum absolute atomic E-state index is 0.0179. The van der Waals surface area contributed by atoms with Crippen LogP contribution in [0.1, 0.15) is 42.5 Å². The lowest BCUT2D eigenvalue weighted by Crippen LogP contribution is -2.44. The van der Waals surface area contributed by atoms with Crippen LogP contribution in [0.25, 0.3) is 0 Å². The fourth-order valence-electron chi connectivity index (χ4n) is 1.72. The molecule has 1 unspecified atom stereocenters. The number of nitrogens with two attached hydrogens (primary N) is 1. The number of aromatic nitrogens is 2. The highest BCUT2D eigenvalue weighted by atomic mass is 16.1. The molecule has 0 aliphatic carbocycles. The van der Waals surface area contributed by atoms with E-state index >= 15 is 0 Å². The first kappa shape index (κ1) is 14.6. The first-order valence-corrected chi connectivity index (χ1v) is 6.33. The molecule has 1 atom stereocenters. The van der Waals surface area contributed by atoms with Crippen molar-refractivity contribution >= 4 is 5.91 Å². The summed E-state index contributed by atoms with van der Waals surface area (Å²) in [5.74, 6) is 0.189. The van der Waals surface area contributed by atoms with Crippen LogP contribution in [0.5, 0.6) is 0 Å². The van der Waals surface area contributed by atoms with Gasteiger partial charge in [-0.05, 0) is 25.3 Å². The Labute approximate surface area is 108 Å². The second-order valence-electron chi connectivity index (χ2n) is 4.76. The summed E-state index contributed by atoms with van der Waals surface area (Å²) in [7, 11) is 0. The molecule has 100 valence electrons. The fraction of sp³-hybridized carbons (Fsp3) is 0.615. The summed E-state index contributed by atoms with van der Waals surface area (Å²) < 4.78 is 0. The molecule has 0 fully saturated rings. The molecule has 18 heavy (non-hydrogen) atoms. The first-order valence-electron chi connectivity index (χ1n) is 6.33. The third-order valence-electron chi connectivity index (χ3n) is 2.95. The molecule has 5 heteroatoms. The van der Waals surface area contributed by atoms with Crippen LogP contribution in [-0.2, 0) is 6.42 Å². The SMILES string of the molecule is CCc1nnc(C)cc1C(=O)NC(CN)C(C)C. The van der Waals surface area contributed by atoms with E-state index in [-0.39, 0.29) is 11.9 Å². The molecule has 1 heterocycles. The van der Waals surface area contributed by atoms with E-state index in [0.717, 1.165) is 11.4 Å². The van der Waals surface area contributed by atoms with E-state index in [1.807, 2.05) is 27.7 Å². The maximum atomic E-state index is 12.2. The van der Waals surface area contributed by atoms with Crippen LogP contribution in [0.15, 0.2) is 6.07 Å². The number of carbonyl (C=O) groups excluding carboxylic acids is 1. The van der Waals surface area contributed by atoms with Gasteiger partial charge in [0.05, 0.1) is 17.0 Å². The van der Waals surface area contributed by atoms with Gasteiger partial charge in [-0.1, -0.05) is 20.8 Å². The van der Waals surface area contributed by atoms with Gasteiger partial charge in [0.25, 0.3) is 5.91 Å². The molecular formula is C13H22N4O. The molecule has 5 nitrogen and oxygen atoms in total. The normalized spacial score (nSPS) is 12.6. The van der Waals surface area contributed by atoms with Gasteiger partial charge in [0.1, 0.15) is 0 Å². The lowest BCUT2D eigenvalue weighted by molar-refractivity contribution is 0.0926. The summed E-state index contributed by atoms with van der Waals surface area (Å²) >= 11 is 0. The Hall–Kier alpha value is -1.49. The Bertz CT molecular complexity index is 417. The molecule has 3 N–H and O–H groups in total. The predicted molar refractivity (Wildman–Crippen MR) is 71.3 cm³/mol. The number of aryl methyl sites for hydroxylation is 2. The molecule has 1 aromatic rings. The first-order chi connectivity index (χ1) is 8.49.